The number of hydrogen-bond donors (Lipinski definition) is 1. The van der Waals surface area contributed by atoms with Gasteiger partial charge in [-0.15, -0.1) is 11.3 Å². The molecule has 2 aromatic rings. The molecule has 0 aromatic carbocycles. The van der Waals surface area contributed by atoms with Crippen LogP contribution >= 0.6 is 11.3 Å². The van der Waals surface area contributed by atoms with E-state index in [1.165, 1.54) is 17.7 Å². The SMILES string of the molecule is O=C(c1nc2c(s1)CCCC2)N1CCC(O)(c2cccnc2)CC1. The van der Waals surface area contributed by atoms with Gasteiger partial charge in [-0.25, -0.2) is 4.98 Å². The molecular weight excluding hydrogens is 322 g/mol. The molecule has 24 heavy (non-hydrogen) atoms. The summed E-state index contributed by atoms with van der Waals surface area (Å²) in [7, 11) is 0. The summed E-state index contributed by atoms with van der Waals surface area (Å²) in [4.78, 5) is 24.5. The minimum absolute atomic E-state index is 0.0163. The molecule has 126 valence electrons. The number of rotatable bonds is 2. The zero-order valence-corrected chi connectivity index (χ0v) is 14.4. The molecule has 0 unspecified atom stereocenters. The summed E-state index contributed by atoms with van der Waals surface area (Å²) in [5.41, 5.74) is 1.08. The number of aromatic nitrogens is 2. The summed E-state index contributed by atoms with van der Waals surface area (Å²) < 4.78 is 0. The van der Waals surface area contributed by atoms with Crippen LogP contribution < -0.4 is 0 Å². The molecule has 0 atom stereocenters. The number of nitrogens with zero attached hydrogens (tertiary/aromatic N) is 3. The van der Waals surface area contributed by atoms with Gasteiger partial charge < -0.3 is 10.0 Å². The summed E-state index contributed by atoms with van der Waals surface area (Å²) in [5, 5.41) is 11.5. The van der Waals surface area contributed by atoms with Gasteiger partial charge in [-0.2, -0.15) is 0 Å². The number of likely N-dealkylation sites (tertiary alicyclic amines) is 1. The second-order valence-electron chi connectivity index (χ2n) is 6.66. The molecule has 6 heteroatoms. The van der Waals surface area contributed by atoms with Crippen LogP contribution in [0.1, 0.15) is 51.6 Å². The Morgan fingerprint density at radius 3 is 2.75 bits per heavy atom. The molecule has 0 saturated carbocycles. The van der Waals surface area contributed by atoms with Crippen molar-refractivity contribution >= 4 is 17.2 Å². The summed E-state index contributed by atoms with van der Waals surface area (Å²) in [6, 6.07) is 3.74. The Balaban J connectivity index is 1.46. The smallest absolute Gasteiger partial charge is 0.282 e. The molecular formula is C18H21N3O2S. The molecule has 1 aliphatic heterocycles. The third kappa shape index (κ3) is 2.84. The van der Waals surface area contributed by atoms with E-state index in [0.717, 1.165) is 24.1 Å². The Bertz CT molecular complexity index is 712. The number of thiazole rings is 1. The van der Waals surface area contributed by atoms with Crippen LogP contribution in [0.2, 0.25) is 0 Å². The molecule has 1 fully saturated rings. The Kier molecular flexibility index (Phi) is 4.10. The van der Waals surface area contributed by atoms with Gasteiger partial charge in [0.25, 0.3) is 5.91 Å². The molecule has 5 nitrogen and oxygen atoms in total. The van der Waals surface area contributed by atoms with Crippen molar-refractivity contribution in [3.63, 3.8) is 0 Å². The van der Waals surface area contributed by atoms with Crippen LogP contribution in [0.25, 0.3) is 0 Å². The Labute approximate surface area is 145 Å². The average Bonchev–Trinajstić information content (AvgIpc) is 3.07. The van der Waals surface area contributed by atoms with Crippen LogP contribution in [0.15, 0.2) is 24.5 Å². The van der Waals surface area contributed by atoms with E-state index in [4.69, 9.17) is 0 Å². The first kappa shape index (κ1) is 15.7. The molecule has 0 bridgehead atoms. The second kappa shape index (κ2) is 6.26. The highest BCUT2D eigenvalue weighted by Gasteiger charge is 2.36. The number of fused-ring (bicyclic) bond motifs is 1. The van der Waals surface area contributed by atoms with Gasteiger partial charge in [0.15, 0.2) is 5.01 Å². The van der Waals surface area contributed by atoms with Crippen molar-refractivity contribution in [2.24, 2.45) is 0 Å². The number of carbonyl (C=O) groups is 1. The van der Waals surface area contributed by atoms with E-state index < -0.39 is 5.60 Å². The minimum atomic E-state index is -0.882. The zero-order chi connectivity index (χ0) is 16.6. The summed E-state index contributed by atoms with van der Waals surface area (Å²) >= 11 is 1.56. The Hall–Kier alpha value is -1.79. The first-order valence-corrected chi connectivity index (χ1v) is 9.38. The molecule has 0 spiro atoms. The lowest BCUT2D eigenvalue weighted by Gasteiger charge is -2.38. The minimum Gasteiger partial charge on any atom is -0.385 e. The maximum Gasteiger partial charge on any atom is 0.282 e. The third-order valence-corrected chi connectivity index (χ3v) is 6.25. The summed E-state index contributed by atoms with van der Waals surface area (Å²) in [6.45, 7) is 1.10. The first-order valence-electron chi connectivity index (χ1n) is 8.56. The second-order valence-corrected chi connectivity index (χ2v) is 7.75. The van der Waals surface area contributed by atoms with E-state index in [0.29, 0.717) is 30.9 Å². The molecule has 0 radical (unpaired) electrons. The van der Waals surface area contributed by atoms with E-state index in [-0.39, 0.29) is 5.91 Å². The fourth-order valence-corrected chi connectivity index (χ4v) is 4.70. The molecule has 1 aliphatic carbocycles. The van der Waals surface area contributed by atoms with Crippen LogP contribution in [0.5, 0.6) is 0 Å². The highest BCUT2D eigenvalue weighted by molar-refractivity contribution is 7.13. The van der Waals surface area contributed by atoms with Crippen LogP contribution in [0, 0.1) is 0 Å². The van der Waals surface area contributed by atoms with Crippen molar-refractivity contribution in [3.05, 3.63) is 45.7 Å². The lowest BCUT2D eigenvalue weighted by molar-refractivity contribution is -0.0213. The lowest BCUT2D eigenvalue weighted by Crippen LogP contribution is -2.45. The number of amides is 1. The van der Waals surface area contributed by atoms with Crippen LogP contribution in [-0.4, -0.2) is 39.0 Å². The van der Waals surface area contributed by atoms with Crippen molar-refractivity contribution in [1.82, 2.24) is 14.9 Å². The molecule has 4 rings (SSSR count). The molecule has 1 N–H and O–H groups in total. The van der Waals surface area contributed by atoms with Gasteiger partial charge in [0, 0.05) is 35.9 Å². The maximum absolute atomic E-state index is 12.7. The molecule has 1 saturated heterocycles. The van der Waals surface area contributed by atoms with E-state index >= 15 is 0 Å². The van der Waals surface area contributed by atoms with Gasteiger partial charge >= 0.3 is 0 Å². The number of hydrogen-bond acceptors (Lipinski definition) is 5. The zero-order valence-electron chi connectivity index (χ0n) is 13.6. The molecule has 3 heterocycles. The van der Waals surface area contributed by atoms with Crippen LogP contribution in [0.4, 0.5) is 0 Å². The van der Waals surface area contributed by atoms with Gasteiger partial charge in [0.1, 0.15) is 0 Å². The highest BCUT2D eigenvalue weighted by atomic mass is 32.1. The van der Waals surface area contributed by atoms with Gasteiger partial charge in [0.05, 0.1) is 11.3 Å². The van der Waals surface area contributed by atoms with Crippen LogP contribution in [0.3, 0.4) is 0 Å². The predicted octanol–water partition coefficient (Wildman–Crippen LogP) is 2.54. The number of aryl methyl sites for hydroxylation is 2. The van der Waals surface area contributed by atoms with Crippen molar-refractivity contribution in [3.8, 4) is 0 Å². The normalized spacial score (nSPS) is 19.8. The number of piperidine rings is 1. The van der Waals surface area contributed by atoms with Gasteiger partial charge in [-0.3, -0.25) is 9.78 Å². The molecule has 1 amide bonds. The fourth-order valence-electron chi connectivity index (χ4n) is 3.59. The number of pyridine rings is 1. The monoisotopic (exact) mass is 343 g/mol. The van der Waals surface area contributed by atoms with Crippen molar-refractivity contribution in [2.45, 2.75) is 44.1 Å². The largest absolute Gasteiger partial charge is 0.385 e. The molecule has 2 aliphatic rings. The third-order valence-electron chi connectivity index (χ3n) is 5.11. The molecule has 2 aromatic heterocycles. The van der Waals surface area contributed by atoms with E-state index in [2.05, 4.69) is 9.97 Å². The van der Waals surface area contributed by atoms with E-state index in [9.17, 15) is 9.90 Å². The van der Waals surface area contributed by atoms with Gasteiger partial charge in [-0.05, 0) is 44.6 Å². The van der Waals surface area contributed by atoms with Crippen molar-refractivity contribution in [2.75, 3.05) is 13.1 Å². The van der Waals surface area contributed by atoms with Gasteiger partial charge in [0.2, 0.25) is 0 Å². The standard InChI is InChI=1S/C18H21N3O2S/c22-17(16-20-14-5-1-2-6-15(14)24-16)21-10-7-18(23,8-11-21)13-4-3-9-19-12-13/h3-4,9,12,23H,1-2,5-8,10-11H2. The van der Waals surface area contributed by atoms with Crippen molar-refractivity contribution in [1.29, 1.82) is 0 Å². The Morgan fingerprint density at radius 1 is 1.25 bits per heavy atom. The van der Waals surface area contributed by atoms with Gasteiger partial charge in [-0.1, -0.05) is 6.07 Å². The quantitative estimate of drug-likeness (QED) is 0.910. The van der Waals surface area contributed by atoms with E-state index in [1.807, 2.05) is 17.0 Å². The fraction of sp³-hybridized carbons (Fsp3) is 0.500. The van der Waals surface area contributed by atoms with Crippen LogP contribution in [-0.2, 0) is 18.4 Å². The summed E-state index contributed by atoms with van der Waals surface area (Å²) in [6.07, 6.45) is 8.92. The van der Waals surface area contributed by atoms with Crippen molar-refractivity contribution < 1.29 is 9.90 Å². The lowest BCUT2D eigenvalue weighted by atomic mass is 9.85. The average molecular weight is 343 g/mol. The summed E-state index contributed by atoms with van der Waals surface area (Å²) in [5.74, 6) is 0.0163. The number of carbonyl (C=O) groups excluding carboxylic acids is 1. The highest BCUT2D eigenvalue weighted by Crippen LogP contribution is 2.33. The first-order chi connectivity index (χ1) is 11.7. The Morgan fingerprint density at radius 2 is 2.04 bits per heavy atom. The maximum atomic E-state index is 12.7. The topological polar surface area (TPSA) is 66.3 Å². The number of aliphatic hydroxyl groups is 1. The predicted molar refractivity (Wildman–Crippen MR) is 92.0 cm³/mol. The van der Waals surface area contributed by atoms with E-state index in [1.54, 1.807) is 23.7 Å².